The van der Waals surface area contributed by atoms with Crippen LogP contribution < -0.4 is 4.74 Å². The number of hydrogen-bond acceptors (Lipinski definition) is 6. The largest absolute Gasteiger partial charge is 0.426 e. The van der Waals surface area contributed by atoms with Crippen LogP contribution in [0.15, 0.2) is 46.0 Å². The van der Waals surface area contributed by atoms with E-state index in [1.165, 1.54) is 22.6 Å². The summed E-state index contributed by atoms with van der Waals surface area (Å²) in [5, 5.41) is 1.72. The summed E-state index contributed by atoms with van der Waals surface area (Å²) in [6, 6.07) is 9.59. The number of thiophene rings is 1. The fraction of sp³-hybridized carbons (Fsp3) is 0.333. The van der Waals surface area contributed by atoms with Gasteiger partial charge in [0.25, 0.3) is 10.0 Å². The average molecular weight is 393 g/mol. The minimum absolute atomic E-state index is 0.0652. The molecule has 1 fully saturated rings. The van der Waals surface area contributed by atoms with Gasteiger partial charge in [-0.1, -0.05) is 6.07 Å². The summed E-state index contributed by atoms with van der Waals surface area (Å²) >= 11 is 1.17. The van der Waals surface area contributed by atoms with Gasteiger partial charge in [0.1, 0.15) is 9.96 Å². The minimum atomic E-state index is -3.57. The highest BCUT2D eigenvalue weighted by Gasteiger charge is 2.34. The predicted molar refractivity (Wildman–Crippen MR) is 97.9 cm³/mol. The fourth-order valence-corrected chi connectivity index (χ4v) is 5.52. The van der Waals surface area contributed by atoms with Gasteiger partial charge in [0.2, 0.25) is 0 Å². The molecule has 2 aromatic rings. The zero-order valence-electron chi connectivity index (χ0n) is 14.3. The van der Waals surface area contributed by atoms with Crippen LogP contribution in [-0.4, -0.2) is 37.6 Å². The lowest BCUT2D eigenvalue weighted by atomic mass is 10.00. The van der Waals surface area contributed by atoms with E-state index in [-0.39, 0.29) is 16.5 Å². The Labute approximate surface area is 156 Å². The van der Waals surface area contributed by atoms with Gasteiger partial charge in [0.05, 0.1) is 5.92 Å². The second kappa shape index (κ2) is 7.69. The molecule has 26 heavy (non-hydrogen) atoms. The number of sulfonamides is 1. The highest BCUT2D eigenvalue weighted by atomic mass is 32.2. The maximum absolute atomic E-state index is 12.6. The average Bonchev–Trinajstić information content (AvgIpc) is 3.18. The highest BCUT2D eigenvalue weighted by Crippen LogP contribution is 2.27. The van der Waals surface area contributed by atoms with E-state index in [9.17, 15) is 18.0 Å². The van der Waals surface area contributed by atoms with E-state index < -0.39 is 21.9 Å². The molecule has 0 aliphatic carbocycles. The van der Waals surface area contributed by atoms with Crippen LogP contribution in [0.5, 0.6) is 5.75 Å². The van der Waals surface area contributed by atoms with Gasteiger partial charge in [0.15, 0.2) is 5.78 Å². The van der Waals surface area contributed by atoms with Gasteiger partial charge in [-0.15, -0.1) is 11.3 Å². The molecule has 0 radical (unpaired) electrons. The summed E-state index contributed by atoms with van der Waals surface area (Å²) in [5.41, 5.74) is 0.538. The first-order chi connectivity index (χ1) is 12.4. The van der Waals surface area contributed by atoms with Gasteiger partial charge >= 0.3 is 5.97 Å². The van der Waals surface area contributed by atoms with Crippen molar-refractivity contribution in [3.8, 4) is 5.75 Å². The molecule has 0 saturated carbocycles. The molecule has 1 aliphatic heterocycles. The Balaban J connectivity index is 1.67. The fourth-order valence-electron chi connectivity index (χ4n) is 2.85. The molecule has 0 amide bonds. The van der Waals surface area contributed by atoms with E-state index >= 15 is 0 Å². The summed E-state index contributed by atoms with van der Waals surface area (Å²) in [6.45, 7) is 1.98. The number of carbonyl (C=O) groups is 2. The van der Waals surface area contributed by atoms with E-state index in [2.05, 4.69) is 0 Å². The van der Waals surface area contributed by atoms with Crippen LogP contribution in [0.2, 0.25) is 0 Å². The number of Topliss-reactive ketones (excluding diaryl/α,β-unsaturated/α-hetero) is 1. The number of benzene rings is 1. The van der Waals surface area contributed by atoms with Crippen LogP contribution in [0.1, 0.15) is 30.1 Å². The molecule has 0 spiro atoms. The Hall–Kier alpha value is -2.03. The highest BCUT2D eigenvalue weighted by molar-refractivity contribution is 7.91. The normalized spacial score (nSPS) is 18.4. The first-order valence-electron chi connectivity index (χ1n) is 8.24. The van der Waals surface area contributed by atoms with Crippen LogP contribution in [0.25, 0.3) is 0 Å². The van der Waals surface area contributed by atoms with Gasteiger partial charge in [-0.25, -0.2) is 8.42 Å². The topological polar surface area (TPSA) is 80.8 Å². The van der Waals surface area contributed by atoms with Gasteiger partial charge in [-0.3, -0.25) is 9.59 Å². The van der Waals surface area contributed by atoms with Crippen LogP contribution in [-0.2, 0) is 14.8 Å². The molecule has 1 saturated heterocycles. The first kappa shape index (κ1) is 18.8. The summed E-state index contributed by atoms with van der Waals surface area (Å²) in [7, 11) is -3.57. The van der Waals surface area contributed by atoms with Gasteiger partial charge in [-0.05, 0) is 55.5 Å². The SMILES string of the molecule is CC(=O)c1ccc(OC(=O)[C@H]2CCCN(S(=O)(=O)c3cccs3)C2)cc1. The van der Waals surface area contributed by atoms with E-state index in [4.69, 9.17) is 4.74 Å². The molecule has 1 aromatic carbocycles. The third-order valence-corrected chi connectivity index (χ3v) is 7.52. The van der Waals surface area contributed by atoms with Crippen LogP contribution in [0.4, 0.5) is 0 Å². The summed E-state index contributed by atoms with van der Waals surface area (Å²) in [4.78, 5) is 23.7. The number of ether oxygens (including phenoxy) is 1. The Kier molecular flexibility index (Phi) is 5.55. The van der Waals surface area contributed by atoms with Crippen LogP contribution >= 0.6 is 11.3 Å². The number of carbonyl (C=O) groups excluding carboxylic acids is 2. The molecule has 0 bridgehead atoms. The third-order valence-electron chi connectivity index (χ3n) is 4.29. The molecule has 1 aromatic heterocycles. The van der Waals surface area contributed by atoms with Crippen molar-refractivity contribution in [1.82, 2.24) is 4.31 Å². The molecule has 0 unspecified atom stereocenters. The number of rotatable bonds is 5. The van der Waals surface area contributed by atoms with Crippen LogP contribution in [0.3, 0.4) is 0 Å². The smallest absolute Gasteiger partial charge is 0.315 e. The lowest BCUT2D eigenvalue weighted by Crippen LogP contribution is -2.43. The Bertz CT molecular complexity index is 888. The molecule has 138 valence electrons. The van der Waals surface area contributed by atoms with E-state index in [0.29, 0.717) is 30.7 Å². The number of nitrogens with zero attached hydrogens (tertiary/aromatic N) is 1. The van der Waals surface area contributed by atoms with Crippen molar-refractivity contribution in [2.24, 2.45) is 5.92 Å². The van der Waals surface area contributed by atoms with Gasteiger partial charge in [0, 0.05) is 18.7 Å². The van der Waals surface area contributed by atoms with Crippen molar-refractivity contribution < 1.29 is 22.7 Å². The Morgan fingerprint density at radius 1 is 1.19 bits per heavy atom. The van der Waals surface area contributed by atoms with Crippen molar-refractivity contribution in [1.29, 1.82) is 0 Å². The van der Waals surface area contributed by atoms with Crippen molar-refractivity contribution in [2.45, 2.75) is 24.0 Å². The number of ketones is 1. The quantitative estimate of drug-likeness (QED) is 0.443. The molecular weight excluding hydrogens is 374 g/mol. The molecule has 0 N–H and O–H groups in total. The molecular formula is C18H19NO5S2. The molecule has 1 atom stereocenters. The second-order valence-electron chi connectivity index (χ2n) is 6.14. The second-order valence-corrected chi connectivity index (χ2v) is 9.25. The van der Waals surface area contributed by atoms with Crippen molar-refractivity contribution in [3.63, 3.8) is 0 Å². The third kappa shape index (κ3) is 4.03. The molecule has 2 heterocycles. The van der Waals surface area contributed by atoms with Crippen molar-refractivity contribution >= 4 is 33.1 Å². The number of piperidine rings is 1. The van der Waals surface area contributed by atoms with E-state index in [1.807, 2.05) is 0 Å². The van der Waals surface area contributed by atoms with Gasteiger partial charge in [-0.2, -0.15) is 4.31 Å². The lowest BCUT2D eigenvalue weighted by molar-refractivity contribution is -0.140. The van der Waals surface area contributed by atoms with E-state index in [1.54, 1.807) is 41.8 Å². The first-order valence-corrected chi connectivity index (χ1v) is 10.6. The maximum Gasteiger partial charge on any atom is 0.315 e. The number of hydrogen-bond donors (Lipinski definition) is 0. The molecule has 3 rings (SSSR count). The Morgan fingerprint density at radius 3 is 2.54 bits per heavy atom. The zero-order chi connectivity index (χ0) is 18.7. The molecule has 6 nitrogen and oxygen atoms in total. The van der Waals surface area contributed by atoms with Crippen LogP contribution in [0, 0.1) is 5.92 Å². The monoisotopic (exact) mass is 393 g/mol. The summed E-state index contributed by atoms with van der Waals surface area (Å²) < 4.78 is 32.3. The summed E-state index contributed by atoms with van der Waals surface area (Å²) in [6.07, 6.45) is 1.19. The number of esters is 1. The molecule has 1 aliphatic rings. The zero-order valence-corrected chi connectivity index (χ0v) is 15.9. The predicted octanol–water partition coefficient (Wildman–Crippen LogP) is 2.96. The molecule has 8 heteroatoms. The van der Waals surface area contributed by atoms with Gasteiger partial charge < -0.3 is 4.74 Å². The van der Waals surface area contributed by atoms with Crippen molar-refractivity contribution in [3.05, 3.63) is 47.3 Å². The maximum atomic E-state index is 12.6. The Morgan fingerprint density at radius 2 is 1.92 bits per heavy atom. The standard InChI is InChI=1S/C18H19NO5S2/c1-13(20)14-6-8-16(9-7-14)24-18(21)15-4-2-10-19(12-15)26(22,23)17-5-3-11-25-17/h3,5-9,11,15H,2,4,10,12H2,1H3/t15-/m0/s1. The minimum Gasteiger partial charge on any atom is -0.426 e. The lowest BCUT2D eigenvalue weighted by Gasteiger charge is -2.30. The van der Waals surface area contributed by atoms with Crippen molar-refractivity contribution in [2.75, 3.05) is 13.1 Å². The summed E-state index contributed by atoms with van der Waals surface area (Å²) in [5.74, 6) is -0.680. The van der Waals surface area contributed by atoms with E-state index in [0.717, 1.165) is 0 Å².